The predicted octanol–water partition coefficient (Wildman–Crippen LogP) is 7.72. The molecule has 2 unspecified atom stereocenters. The van der Waals surface area contributed by atoms with E-state index in [1.807, 2.05) is 35.3 Å². The second-order valence-corrected chi connectivity index (χ2v) is 12.1. The lowest BCUT2D eigenvalue weighted by Gasteiger charge is -2.18. The first kappa shape index (κ1) is 26.1. The molecule has 0 fully saturated rings. The molecule has 0 aliphatic heterocycles. The normalized spacial score (nSPS) is 13.4. The highest BCUT2D eigenvalue weighted by atomic mass is 32.2. The van der Waals surface area contributed by atoms with Crippen LogP contribution in [0.15, 0.2) is 46.2 Å². The van der Waals surface area contributed by atoms with Gasteiger partial charge in [-0.2, -0.15) is 74.0 Å². The summed E-state index contributed by atoms with van der Waals surface area (Å²) in [4.78, 5) is 2.57. The summed E-state index contributed by atoms with van der Waals surface area (Å²) >= 11 is 23.5. The van der Waals surface area contributed by atoms with E-state index in [1.165, 1.54) is 32.0 Å². The van der Waals surface area contributed by atoms with Crippen molar-refractivity contribution in [1.82, 2.24) is 0 Å². The van der Waals surface area contributed by atoms with Crippen LogP contribution >= 0.6 is 85.8 Å². The number of thioether (sulfide) groups is 2. The Bertz CT molecular complexity index is 699. The monoisotopic (exact) mass is 518 g/mol. The molecule has 2 aromatic carbocycles. The summed E-state index contributed by atoms with van der Waals surface area (Å²) in [6.07, 6.45) is 0. The van der Waals surface area contributed by atoms with E-state index in [4.69, 9.17) is 0 Å². The van der Waals surface area contributed by atoms with Gasteiger partial charge < -0.3 is 0 Å². The Hall–Kier alpha value is 0.890. The van der Waals surface area contributed by atoms with Gasteiger partial charge in [0.15, 0.2) is 0 Å². The molecular formula is C22H30S7. The molecule has 0 bridgehead atoms. The smallest absolute Gasteiger partial charge is 0.0388 e. The highest BCUT2D eigenvalue weighted by molar-refractivity contribution is 8.01. The lowest BCUT2D eigenvalue weighted by Crippen LogP contribution is -2.01. The van der Waals surface area contributed by atoms with Gasteiger partial charge >= 0.3 is 0 Å². The minimum absolute atomic E-state index is 0.430. The van der Waals surface area contributed by atoms with Crippen molar-refractivity contribution in [3.05, 3.63) is 58.7 Å². The van der Waals surface area contributed by atoms with Crippen LogP contribution in [-0.4, -0.2) is 34.5 Å². The van der Waals surface area contributed by atoms with Crippen LogP contribution in [0.25, 0.3) is 0 Å². The van der Waals surface area contributed by atoms with Crippen LogP contribution in [0.2, 0.25) is 0 Å². The average Bonchev–Trinajstić information content (AvgIpc) is 2.71. The van der Waals surface area contributed by atoms with Crippen molar-refractivity contribution in [2.75, 3.05) is 34.5 Å². The zero-order valence-corrected chi connectivity index (χ0v) is 22.9. The molecule has 0 aliphatic rings. The SMILES string of the molecule is Cc1cc(Sc2ccc(C(CS)SCCS)c(C)c2)ccc1C(CS)SCCS. The molecule has 0 saturated heterocycles. The van der Waals surface area contributed by atoms with Crippen molar-refractivity contribution >= 4 is 85.8 Å². The van der Waals surface area contributed by atoms with Gasteiger partial charge in [-0.05, 0) is 71.9 Å². The maximum absolute atomic E-state index is 4.56. The third-order valence-electron chi connectivity index (χ3n) is 4.56. The van der Waals surface area contributed by atoms with Gasteiger partial charge in [-0.1, -0.05) is 23.9 Å². The minimum Gasteiger partial charge on any atom is -0.179 e. The molecule has 0 heterocycles. The number of aryl methyl sites for hydroxylation is 2. The van der Waals surface area contributed by atoms with Crippen LogP contribution in [-0.2, 0) is 0 Å². The van der Waals surface area contributed by atoms with Crippen LogP contribution in [0.5, 0.6) is 0 Å². The zero-order valence-electron chi connectivity index (χ0n) is 16.9. The van der Waals surface area contributed by atoms with Crippen molar-refractivity contribution in [3.63, 3.8) is 0 Å². The van der Waals surface area contributed by atoms with Crippen LogP contribution in [0.1, 0.15) is 32.8 Å². The van der Waals surface area contributed by atoms with Gasteiger partial charge in [0, 0.05) is 43.3 Å². The molecule has 0 nitrogen and oxygen atoms in total. The van der Waals surface area contributed by atoms with Crippen molar-refractivity contribution < 1.29 is 0 Å². The van der Waals surface area contributed by atoms with Crippen LogP contribution in [0, 0.1) is 13.8 Å². The number of benzene rings is 2. The summed E-state index contributed by atoms with van der Waals surface area (Å²) in [5.74, 6) is 5.61. The van der Waals surface area contributed by atoms with Crippen molar-refractivity contribution in [2.24, 2.45) is 0 Å². The molecule has 0 amide bonds. The highest BCUT2D eigenvalue weighted by Crippen LogP contribution is 2.38. The van der Waals surface area contributed by atoms with Crippen LogP contribution in [0.3, 0.4) is 0 Å². The lowest BCUT2D eigenvalue weighted by molar-refractivity contribution is 1.08. The van der Waals surface area contributed by atoms with Crippen molar-refractivity contribution in [2.45, 2.75) is 34.1 Å². The summed E-state index contributed by atoms with van der Waals surface area (Å²) in [7, 11) is 0. The third-order valence-corrected chi connectivity index (χ3v) is 10.3. The van der Waals surface area contributed by atoms with E-state index in [9.17, 15) is 0 Å². The Morgan fingerprint density at radius 2 is 1.10 bits per heavy atom. The fraction of sp³-hybridized carbons (Fsp3) is 0.455. The Balaban J connectivity index is 2.13. The Labute approximate surface area is 211 Å². The zero-order chi connectivity index (χ0) is 21.2. The number of hydrogen-bond donors (Lipinski definition) is 4. The number of hydrogen-bond acceptors (Lipinski definition) is 7. The maximum atomic E-state index is 4.56. The molecule has 0 aromatic heterocycles. The molecule has 0 spiro atoms. The van der Waals surface area contributed by atoms with E-state index >= 15 is 0 Å². The standard InChI is InChI=1S/C22H30S7/c1-15-11-17(3-5-19(15)21(13-25)27-9-7-23)29-18-4-6-20(16(2)12-18)22(14-26)28-10-8-24/h3-6,11-12,21-26H,7-10,13-14H2,1-2H3. The molecule has 2 rings (SSSR count). The van der Waals surface area contributed by atoms with Crippen molar-refractivity contribution in [1.29, 1.82) is 0 Å². The van der Waals surface area contributed by atoms with Gasteiger partial charge in [0.2, 0.25) is 0 Å². The Morgan fingerprint density at radius 1 is 0.690 bits per heavy atom. The predicted molar refractivity (Wildman–Crippen MR) is 152 cm³/mol. The molecule has 0 saturated carbocycles. The van der Waals surface area contributed by atoms with E-state index < -0.39 is 0 Å². The van der Waals surface area contributed by atoms with Gasteiger partial charge in [0.1, 0.15) is 0 Å². The molecular weight excluding hydrogens is 489 g/mol. The first-order chi connectivity index (χ1) is 14.0. The first-order valence-electron chi connectivity index (χ1n) is 9.59. The van der Waals surface area contributed by atoms with E-state index in [0.29, 0.717) is 10.5 Å². The molecule has 0 aliphatic carbocycles. The lowest BCUT2D eigenvalue weighted by atomic mass is 10.1. The third kappa shape index (κ3) is 8.07. The molecule has 0 N–H and O–H groups in total. The van der Waals surface area contributed by atoms with Gasteiger partial charge in [0.25, 0.3) is 0 Å². The highest BCUT2D eigenvalue weighted by Gasteiger charge is 2.15. The van der Waals surface area contributed by atoms with Crippen LogP contribution < -0.4 is 0 Å². The summed E-state index contributed by atoms with van der Waals surface area (Å²) in [5, 5.41) is 0.859. The molecule has 160 valence electrons. The quantitative estimate of drug-likeness (QED) is 0.212. The van der Waals surface area contributed by atoms with Crippen LogP contribution in [0.4, 0.5) is 0 Å². The van der Waals surface area contributed by atoms with Crippen molar-refractivity contribution in [3.8, 4) is 0 Å². The summed E-state index contributed by atoms with van der Waals surface area (Å²) in [6, 6.07) is 13.6. The maximum Gasteiger partial charge on any atom is 0.0388 e. The van der Waals surface area contributed by atoms with Gasteiger partial charge in [0.05, 0.1) is 0 Å². The molecule has 2 aromatic rings. The fourth-order valence-electron chi connectivity index (χ4n) is 3.15. The average molecular weight is 519 g/mol. The Kier molecular flexibility index (Phi) is 12.7. The second kappa shape index (κ2) is 14.1. The number of thiol groups is 4. The second-order valence-electron chi connectivity index (χ2n) is 6.67. The van der Waals surface area contributed by atoms with E-state index in [2.05, 4.69) is 101 Å². The summed E-state index contributed by atoms with van der Waals surface area (Å²) in [5.41, 5.74) is 5.46. The van der Waals surface area contributed by atoms with Gasteiger partial charge in [-0.3, -0.25) is 0 Å². The number of rotatable bonds is 12. The summed E-state index contributed by atoms with van der Waals surface area (Å²) in [6.45, 7) is 4.42. The van der Waals surface area contributed by atoms with E-state index in [0.717, 1.165) is 34.5 Å². The molecule has 0 radical (unpaired) electrons. The largest absolute Gasteiger partial charge is 0.179 e. The minimum atomic E-state index is 0.430. The molecule has 29 heavy (non-hydrogen) atoms. The van der Waals surface area contributed by atoms with E-state index in [-0.39, 0.29) is 0 Å². The van der Waals surface area contributed by atoms with Gasteiger partial charge in [-0.15, -0.1) is 0 Å². The topological polar surface area (TPSA) is 0 Å². The fourth-order valence-corrected chi connectivity index (χ4v) is 7.71. The first-order valence-corrected chi connectivity index (χ1v) is 15.0. The molecule has 7 heteroatoms. The van der Waals surface area contributed by atoms with E-state index in [1.54, 1.807) is 0 Å². The van der Waals surface area contributed by atoms with Gasteiger partial charge in [-0.25, -0.2) is 0 Å². The summed E-state index contributed by atoms with van der Waals surface area (Å²) < 4.78 is 0. The molecule has 2 atom stereocenters. The Morgan fingerprint density at radius 3 is 1.41 bits per heavy atom.